The molecule has 1 saturated heterocycles. The Hall–Kier alpha value is -2.79. The van der Waals surface area contributed by atoms with Gasteiger partial charge in [-0.3, -0.25) is 9.36 Å². The molecule has 1 unspecified atom stereocenters. The van der Waals surface area contributed by atoms with E-state index in [9.17, 15) is 13.2 Å². The lowest BCUT2D eigenvalue weighted by Crippen LogP contribution is -2.40. The summed E-state index contributed by atoms with van der Waals surface area (Å²) < 4.78 is 32.5. The molecule has 0 spiro atoms. The van der Waals surface area contributed by atoms with Crippen LogP contribution in [0.3, 0.4) is 0 Å². The Morgan fingerprint density at radius 3 is 2.76 bits per heavy atom. The molecule has 1 atom stereocenters. The second kappa shape index (κ2) is 7.56. The quantitative estimate of drug-likeness (QED) is 0.593. The summed E-state index contributed by atoms with van der Waals surface area (Å²) in [4.78, 5) is 20.4. The summed E-state index contributed by atoms with van der Waals surface area (Å²) in [5.41, 5.74) is -0.276. The third-order valence-electron chi connectivity index (χ3n) is 5.08. The SMILES string of the molecule is CC(C)n1cnc(S(=O)(=O)N2CCCC2Cn2nc(-n3ccnc3)ccc2=O)c1. The number of sulfonamides is 1. The average Bonchev–Trinajstić information content (AvgIpc) is 3.45. The predicted molar refractivity (Wildman–Crippen MR) is 105 cm³/mol. The van der Waals surface area contributed by atoms with Gasteiger partial charge in [-0.25, -0.2) is 23.1 Å². The summed E-state index contributed by atoms with van der Waals surface area (Å²) in [7, 11) is -3.74. The van der Waals surface area contributed by atoms with Crippen molar-refractivity contribution in [2.24, 2.45) is 0 Å². The van der Waals surface area contributed by atoms with Gasteiger partial charge in [0.05, 0.1) is 12.9 Å². The first-order valence-electron chi connectivity index (χ1n) is 9.48. The van der Waals surface area contributed by atoms with Gasteiger partial charge in [0, 0.05) is 43.3 Å². The van der Waals surface area contributed by atoms with Crippen molar-refractivity contribution in [1.29, 1.82) is 0 Å². The second-order valence-electron chi connectivity index (χ2n) is 7.35. The molecule has 4 heterocycles. The van der Waals surface area contributed by atoms with Crippen LogP contribution in [0.1, 0.15) is 32.7 Å². The predicted octanol–water partition coefficient (Wildman–Crippen LogP) is 1.06. The van der Waals surface area contributed by atoms with Crippen molar-refractivity contribution < 1.29 is 8.42 Å². The summed E-state index contributed by atoms with van der Waals surface area (Å²) in [5, 5.41) is 4.41. The van der Waals surface area contributed by atoms with Gasteiger partial charge in [-0.1, -0.05) is 0 Å². The maximum Gasteiger partial charge on any atom is 0.266 e. The van der Waals surface area contributed by atoms with Gasteiger partial charge < -0.3 is 4.57 Å². The molecule has 3 aromatic heterocycles. The molecule has 0 amide bonds. The van der Waals surface area contributed by atoms with Crippen LogP contribution >= 0.6 is 0 Å². The van der Waals surface area contributed by atoms with Gasteiger partial charge in [-0.05, 0) is 32.8 Å². The molecule has 0 radical (unpaired) electrons. The second-order valence-corrected chi connectivity index (χ2v) is 9.18. The molecule has 1 fully saturated rings. The van der Waals surface area contributed by atoms with E-state index in [1.54, 1.807) is 40.1 Å². The molecule has 11 heteroatoms. The number of rotatable bonds is 6. The molecule has 154 valence electrons. The summed E-state index contributed by atoms with van der Waals surface area (Å²) in [6.45, 7) is 4.51. The van der Waals surface area contributed by atoms with E-state index in [1.807, 2.05) is 13.8 Å². The van der Waals surface area contributed by atoms with Crippen LogP contribution < -0.4 is 5.56 Å². The molecule has 10 nitrogen and oxygen atoms in total. The van der Waals surface area contributed by atoms with Gasteiger partial charge >= 0.3 is 0 Å². The zero-order valence-electron chi connectivity index (χ0n) is 16.3. The van der Waals surface area contributed by atoms with Crippen LogP contribution in [-0.2, 0) is 16.6 Å². The maximum atomic E-state index is 13.1. The van der Waals surface area contributed by atoms with E-state index in [2.05, 4.69) is 15.1 Å². The fraction of sp³-hybridized carbons (Fsp3) is 0.444. The van der Waals surface area contributed by atoms with Crippen molar-refractivity contribution in [3.8, 4) is 5.82 Å². The Morgan fingerprint density at radius 2 is 2.07 bits per heavy atom. The van der Waals surface area contributed by atoms with Gasteiger partial charge in [0.1, 0.15) is 6.33 Å². The van der Waals surface area contributed by atoms with Crippen molar-refractivity contribution in [3.05, 3.63) is 53.7 Å². The van der Waals surface area contributed by atoms with E-state index in [-0.39, 0.29) is 29.2 Å². The molecule has 0 saturated carbocycles. The third-order valence-corrected chi connectivity index (χ3v) is 6.91. The minimum atomic E-state index is -3.74. The molecular formula is C18H23N7O3S. The van der Waals surface area contributed by atoms with Crippen LogP contribution in [0.4, 0.5) is 0 Å². The van der Waals surface area contributed by atoms with Gasteiger partial charge in [0.15, 0.2) is 10.8 Å². The van der Waals surface area contributed by atoms with Crippen molar-refractivity contribution in [1.82, 2.24) is 33.2 Å². The fourth-order valence-electron chi connectivity index (χ4n) is 3.46. The molecule has 0 aromatic carbocycles. The van der Waals surface area contributed by atoms with Crippen LogP contribution in [0.2, 0.25) is 0 Å². The van der Waals surface area contributed by atoms with Crippen molar-refractivity contribution in [2.45, 2.75) is 50.3 Å². The highest BCUT2D eigenvalue weighted by Gasteiger charge is 2.37. The Kier molecular flexibility index (Phi) is 5.09. The lowest BCUT2D eigenvalue weighted by Gasteiger charge is -2.23. The van der Waals surface area contributed by atoms with Gasteiger partial charge in [-0.15, -0.1) is 0 Å². The number of hydrogen-bond donors (Lipinski definition) is 0. The van der Waals surface area contributed by atoms with Crippen LogP contribution in [0.15, 0.2) is 53.2 Å². The fourth-order valence-corrected chi connectivity index (χ4v) is 5.07. The van der Waals surface area contributed by atoms with E-state index >= 15 is 0 Å². The summed E-state index contributed by atoms with van der Waals surface area (Å²) >= 11 is 0. The smallest absolute Gasteiger partial charge is 0.266 e. The molecule has 4 rings (SSSR count). The number of imidazole rings is 2. The minimum absolute atomic E-state index is 0.0329. The number of nitrogens with zero attached hydrogens (tertiary/aromatic N) is 7. The molecule has 29 heavy (non-hydrogen) atoms. The summed E-state index contributed by atoms with van der Waals surface area (Å²) in [6, 6.07) is 2.81. The van der Waals surface area contributed by atoms with Crippen molar-refractivity contribution >= 4 is 10.0 Å². The first-order valence-corrected chi connectivity index (χ1v) is 10.9. The maximum absolute atomic E-state index is 13.1. The topological polar surface area (TPSA) is 108 Å². The number of hydrogen-bond acceptors (Lipinski definition) is 6. The zero-order valence-corrected chi connectivity index (χ0v) is 17.1. The van der Waals surface area contributed by atoms with Gasteiger partial charge in [-0.2, -0.15) is 9.40 Å². The normalized spacial score (nSPS) is 18.0. The van der Waals surface area contributed by atoms with E-state index in [4.69, 9.17) is 0 Å². The summed E-state index contributed by atoms with van der Waals surface area (Å²) in [5.74, 6) is 0.546. The molecule has 0 bridgehead atoms. The lowest BCUT2D eigenvalue weighted by molar-refractivity contribution is 0.334. The van der Waals surface area contributed by atoms with E-state index in [1.165, 1.54) is 21.4 Å². The van der Waals surface area contributed by atoms with Crippen LogP contribution in [0, 0.1) is 0 Å². The van der Waals surface area contributed by atoms with E-state index < -0.39 is 10.0 Å². The van der Waals surface area contributed by atoms with Crippen molar-refractivity contribution in [2.75, 3.05) is 6.54 Å². The highest BCUT2D eigenvalue weighted by atomic mass is 32.2. The van der Waals surface area contributed by atoms with Gasteiger partial charge in [0.25, 0.3) is 15.6 Å². The first kappa shape index (κ1) is 19.5. The standard InChI is InChI=1S/C18H23N7O3S/c1-14(2)23-11-17(20-13-23)29(27,28)25-8-3-4-15(25)10-24-18(26)6-5-16(21-24)22-9-7-19-12-22/h5-7,9,11-15H,3-4,8,10H2,1-2H3. The third kappa shape index (κ3) is 3.75. The Morgan fingerprint density at radius 1 is 1.24 bits per heavy atom. The first-order chi connectivity index (χ1) is 13.9. The zero-order chi connectivity index (χ0) is 20.6. The molecule has 3 aromatic rings. The highest BCUT2D eigenvalue weighted by Crippen LogP contribution is 2.26. The number of aromatic nitrogens is 6. The Bertz CT molecular complexity index is 1150. The largest absolute Gasteiger partial charge is 0.334 e. The van der Waals surface area contributed by atoms with Gasteiger partial charge in [0.2, 0.25) is 0 Å². The highest BCUT2D eigenvalue weighted by molar-refractivity contribution is 7.89. The average molecular weight is 417 g/mol. The molecule has 1 aliphatic rings. The van der Waals surface area contributed by atoms with Crippen molar-refractivity contribution in [3.63, 3.8) is 0 Å². The lowest BCUT2D eigenvalue weighted by atomic mass is 10.2. The molecular weight excluding hydrogens is 394 g/mol. The van der Waals surface area contributed by atoms with E-state index in [0.717, 1.165) is 6.42 Å². The van der Waals surface area contributed by atoms with E-state index in [0.29, 0.717) is 18.8 Å². The van der Waals surface area contributed by atoms with Crippen LogP contribution in [-0.4, -0.2) is 54.2 Å². The Balaban J connectivity index is 1.60. The Labute approximate surface area is 168 Å². The monoisotopic (exact) mass is 417 g/mol. The molecule has 0 aliphatic carbocycles. The molecule has 1 aliphatic heterocycles. The van der Waals surface area contributed by atoms with Crippen LogP contribution in [0.5, 0.6) is 0 Å². The van der Waals surface area contributed by atoms with Crippen LogP contribution in [0.25, 0.3) is 5.82 Å². The minimum Gasteiger partial charge on any atom is -0.334 e. The molecule has 0 N–H and O–H groups in total. The summed E-state index contributed by atoms with van der Waals surface area (Å²) in [6.07, 6.45) is 9.42.